The number of nitrogens with zero attached hydrogens (tertiary/aromatic N) is 2. The largest absolute Gasteiger partial charge is 0.282 e. The molecule has 2 rings (SSSR count). The van der Waals surface area contributed by atoms with Crippen molar-refractivity contribution in [1.29, 1.82) is 0 Å². The number of pyridine rings is 1. The van der Waals surface area contributed by atoms with Gasteiger partial charge in [0.25, 0.3) is 0 Å². The highest BCUT2D eigenvalue weighted by molar-refractivity contribution is 6.36. The van der Waals surface area contributed by atoms with Crippen molar-refractivity contribution < 1.29 is 0 Å². The Balaban J connectivity index is 2.93. The van der Waals surface area contributed by atoms with Gasteiger partial charge in [0.15, 0.2) is 0 Å². The molecule has 0 amide bonds. The van der Waals surface area contributed by atoms with Gasteiger partial charge in [0.05, 0.1) is 10.9 Å². The maximum atomic E-state index is 5.85. The van der Waals surface area contributed by atoms with Crippen molar-refractivity contribution in [2.24, 2.45) is 0 Å². The van der Waals surface area contributed by atoms with Crippen LogP contribution in [0.5, 0.6) is 0 Å². The molecular formula is C7H5Cl2N3. The molecule has 62 valence electrons. The van der Waals surface area contributed by atoms with E-state index in [0.717, 1.165) is 16.6 Å². The second-order valence-electron chi connectivity index (χ2n) is 2.48. The lowest BCUT2D eigenvalue weighted by Crippen LogP contribution is -1.79. The number of H-pyrrole nitrogens is 1. The molecule has 3 nitrogen and oxygen atoms in total. The van der Waals surface area contributed by atoms with Gasteiger partial charge in [0.1, 0.15) is 10.3 Å². The monoisotopic (exact) mass is 201 g/mol. The molecule has 0 spiro atoms. The van der Waals surface area contributed by atoms with E-state index in [-0.39, 0.29) is 0 Å². The Morgan fingerprint density at radius 1 is 1.42 bits per heavy atom. The van der Waals surface area contributed by atoms with E-state index in [4.69, 9.17) is 23.2 Å². The molecule has 0 aromatic carbocycles. The molecule has 0 radical (unpaired) electrons. The average Bonchev–Trinajstić information content (AvgIpc) is 2.31. The fourth-order valence-electron chi connectivity index (χ4n) is 1.11. The third-order valence-electron chi connectivity index (χ3n) is 1.64. The summed E-state index contributed by atoms with van der Waals surface area (Å²) in [5, 5.41) is 8.40. The molecule has 0 saturated carbocycles. The van der Waals surface area contributed by atoms with Gasteiger partial charge < -0.3 is 0 Å². The normalized spacial score (nSPS) is 10.9. The zero-order valence-electron chi connectivity index (χ0n) is 6.23. The lowest BCUT2D eigenvalue weighted by atomic mass is 10.3. The predicted octanol–water partition coefficient (Wildman–Crippen LogP) is 2.57. The first-order valence-corrected chi connectivity index (χ1v) is 4.11. The molecule has 2 aromatic heterocycles. The second-order valence-corrected chi connectivity index (χ2v) is 3.22. The Morgan fingerprint density at radius 3 is 2.92 bits per heavy atom. The number of aryl methyl sites for hydroxylation is 1. The molecule has 2 aromatic rings. The first-order chi connectivity index (χ1) is 5.68. The minimum atomic E-state index is 0.360. The van der Waals surface area contributed by atoms with Crippen LogP contribution in [0, 0.1) is 6.92 Å². The number of halogens is 2. The minimum Gasteiger partial charge on any atom is -0.282 e. The van der Waals surface area contributed by atoms with Crippen LogP contribution in [0.2, 0.25) is 10.3 Å². The van der Waals surface area contributed by atoms with Gasteiger partial charge in [0, 0.05) is 11.8 Å². The zero-order valence-corrected chi connectivity index (χ0v) is 7.74. The number of rotatable bonds is 0. The van der Waals surface area contributed by atoms with Crippen molar-refractivity contribution in [1.82, 2.24) is 15.2 Å². The van der Waals surface area contributed by atoms with Gasteiger partial charge in [-0.3, -0.25) is 5.10 Å². The number of nitrogens with one attached hydrogen (secondary N) is 1. The SMILES string of the molecule is Cc1[nH]nc2cc(Cl)nc(Cl)c12. The first-order valence-electron chi connectivity index (χ1n) is 3.35. The quantitative estimate of drug-likeness (QED) is 0.667. The Bertz CT molecular complexity index is 435. The smallest absolute Gasteiger partial charge is 0.142 e. The van der Waals surface area contributed by atoms with E-state index in [0.29, 0.717) is 10.3 Å². The molecular weight excluding hydrogens is 197 g/mol. The summed E-state index contributed by atoms with van der Waals surface area (Å²) in [6.45, 7) is 1.89. The summed E-state index contributed by atoms with van der Waals surface area (Å²) in [6, 6.07) is 1.67. The Labute approximate surface area is 78.7 Å². The molecule has 0 bridgehead atoms. The lowest BCUT2D eigenvalue weighted by molar-refractivity contribution is 1.07. The van der Waals surface area contributed by atoms with Crippen LogP contribution in [0.4, 0.5) is 0 Å². The van der Waals surface area contributed by atoms with E-state index in [2.05, 4.69) is 15.2 Å². The van der Waals surface area contributed by atoms with Crippen molar-refractivity contribution in [3.63, 3.8) is 0 Å². The number of hydrogen-bond donors (Lipinski definition) is 1. The standard InChI is InChI=1S/C7H5Cl2N3/c1-3-6-4(12-11-3)2-5(8)10-7(6)9/h2H,1H3,(H,11,12). The van der Waals surface area contributed by atoms with Gasteiger partial charge in [-0.25, -0.2) is 4.98 Å². The molecule has 0 fully saturated rings. The fourth-order valence-corrected chi connectivity index (χ4v) is 1.67. The Hall–Kier alpha value is -0.800. The Morgan fingerprint density at radius 2 is 2.17 bits per heavy atom. The third-order valence-corrected chi connectivity index (χ3v) is 2.11. The van der Waals surface area contributed by atoms with Crippen LogP contribution in [0.1, 0.15) is 5.69 Å². The van der Waals surface area contributed by atoms with E-state index in [1.54, 1.807) is 6.07 Å². The van der Waals surface area contributed by atoms with Gasteiger partial charge in [-0.2, -0.15) is 5.10 Å². The number of fused-ring (bicyclic) bond motifs is 1. The summed E-state index contributed by atoms with van der Waals surface area (Å²) in [4.78, 5) is 3.91. The maximum absolute atomic E-state index is 5.85. The summed E-state index contributed by atoms with van der Waals surface area (Å²) in [6.07, 6.45) is 0. The number of aromatic amines is 1. The minimum absolute atomic E-state index is 0.360. The molecule has 0 saturated heterocycles. The molecule has 2 heterocycles. The highest BCUT2D eigenvalue weighted by Gasteiger charge is 2.07. The van der Waals surface area contributed by atoms with Crippen LogP contribution in [0.15, 0.2) is 6.07 Å². The summed E-state index contributed by atoms with van der Waals surface area (Å²) in [5.41, 5.74) is 1.65. The highest BCUT2D eigenvalue weighted by Crippen LogP contribution is 2.25. The van der Waals surface area contributed by atoms with E-state index < -0.39 is 0 Å². The summed E-state index contributed by atoms with van der Waals surface area (Å²) in [7, 11) is 0. The third kappa shape index (κ3) is 1.06. The maximum Gasteiger partial charge on any atom is 0.142 e. The molecule has 0 atom stereocenters. The molecule has 0 aliphatic rings. The van der Waals surface area contributed by atoms with Crippen LogP contribution in [-0.2, 0) is 0 Å². The summed E-state index contributed by atoms with van der Waals surface area (Å²) in [5.74, 6) is 0. The van der Waals surface area contributed by atoms with Crippen molar-refractivity contribution in [2.45, 2.75) is 6.92 Å². The van der Waals surface area contributed by atoms with Crippen LogP contribution >= 0.6 is 23.2 Å². The predicted molar refractivity (Wildman–Crippen MR) is 48.6 cm³/mol. The molecule has 12 heavy (non-hydrogen) atoms. The molecule has 0 unspecified atom stereocenters. The van der Waals surface area contributed by atoms with Gasteiger partial charge in [-0.05, 0) is 6.92 Å². The van der Waals surface area contributed by atoms with E-state index in [1.165, 1.54) is 0 Å². The van der Waals surface area contributed by atoms with Gasteiger partial charge in [0.2, 0.25) is 0 Å². The van der Waals surface area contributed by atoms with Gasteiger partial charge >= 0.3 is 0 Å². The van der Waals surface area contributed by atoms with E-state index >= 15 is 0 Å². The highest BCUT2D eigenvalue weighted by atomic mass is 35.5. The Kier molecular flexibility index (Phi) is 1.70. The van der Waals surface area contributed by atoms with E-state index in [9.17, 15) is 0 Å². The van der Waals surface area contributed by atoms with Gasteiger partial charge in [-0.1, -0.05) is 23.2 Å². The average molecular weight is 202 g/mol. The molecule has 0 aliphatic carbocycles. The van der Waals surface area contributed by atoms with Crippen molar-refractivity contribution in [2.75, 3.05) is 0 Å². The van der Waals surface area contributed by atoms with Crippen LogP contribution < -0.4 is 0 Å². The summed E-state index contributed by atoms with van der Waals surface area (Å²) < 4.78 is 0. The van der Waals surface area contributed by atoms with Crippen molar-refractivity contribution in [3.05, 3.63) is 22.1 Å². The van der Waals surface area contributed by atoms with Crippen LogP contribution in [-0.4, -0.2) is 15.2 Å². The van der Waals surface area contributed by atoms with Gasteiger partial charge in [-0.15, -0.1) is 0 Å². The summed E-state index contributed by atoms with van der Waals surface area (Å²) >= 11 is 11.5. The van der Waals surface area contributed by atoms with E-state index in [1.807, 2.05) is 6.92 Å². The van der Waals surface area contributed by atoms with Crippen LogP contribution in [0.3, 0.4) is 0 Å². The number of hydrogen-bond acceptors (Lipinski definition) is 2. The van der Waals surface area contributed by atoms with Crippen molar-refractivity contribution >= 4 is 34.1 Å². The zero-order chi connectivity index (χ0) is 8.72. The number of aromatic nitrogens is 3. The molecule has 1 N–H and O–H groups in total. The van der Waals surface area contributed by atoms with Crippen molar-refractivity contribution in [3.8, 4) is 0 Å². The first kappa shape index (κ1) is 7.83. The molecule has 5 heteroatoms. The fraction of sp³-hybridized carbons (Fsp3) is 0.143. The lowest BCUT2D eigenvalue weighted by Gasteiger charge is -1.93. The van der Waals surface area contributed by atoms with Crippen LogP contribution in [0.25, 0.3) is 10.9 Å². The topological polar surface area (TPSA) is 41.6 Å². The second kappa shape index (κ2) is 2.61. The molecule has 0 aliphatic heterocycles.